The maximum absolute atomic E-state index is 13.2. The predicted octanol–water partition coefficient (Wildman–Crippen LogP) is 1.43. The minimum absolute atomic E-state index is 0.00235. The zero-order chi connectivity index (χ0) is 37.9. The van der Waals surface area contributed by atoms with E-state index in [-0.39, 0.29) is 55.4 Å². The fourth-order valence-corrected chi connectivity index (χ4v) is 6.90. The molecule has 2 aromatic carbocycles. The number of rotatable bonds is 14. The first-order chi connectivity index (χ1) is 26.1. The van der Waals surface area contributed by atoms with Gasteiger partial charge in [-0.15, -0.1) is 5.10 Å². The standard InChI is InChI=1S/C36H35N9O8S/c1-2-44-34(50)26(38-36(44)54)16-21-17-42(27-9-4-3-6-23(21)27)18-22-19-43(41-40-22)12-13-52-14-15-53-20-30(47)37-25-8-5-7-24-31(25)35(51)45(33(24)49)28-10-11-29(46)39-32(28)48/h3-9,16-17,19,28H,2,10-15,18,20H2,1H3,(H,37,47)(H,38,54)(H,39,46,48). The number of thiocarbonyl (C=S) groups is 1. The van der Waals surface area contributed by atoms with Crippen LogP contribution in [-0.4, -0.2) is 109 Å². The minimum Gasteiger partial charge on any atom is -0.377 e. The van der Waals surface area contributed by atoms with Gasteiger partial charge in [-0.1, -0.05) is 29.5 Å². The van der Waals surface area contributed by atoms with Gasteiger partial charge in [-0.25, -0.2) is 4.68 Å². The summed E-state index contributed by atoms with van der Waals surface area (Å²) in [6.45, 7) is 3.55. The SMILES string of the molecule is CCN1C(=O)C(=Cc2cn(Cc3cn(CCOCCOCC(=O)Nc4cccc5c4C(=O)N(C4CCC(=O)NC4=O)C5=O)nn3)c3ccccc23)NC1=S. The highest BCUT2D eigenvalue weighted by Gasteiger charge is 2.45. The van der Waals surface area contributed by atoms with E-state index in [1.807, 2.05) is 54.2 Å². The van der Waals surface area contributed by atoms with Crippen molar-refractivity contribution in [2.24, 2.45) is 0 Å². The molecule has 0 aliphatic carbocycles. The van der Waals surface area contributed by atoms with Crippen LogP contribution in [0.3, 0.4) is 0 Å². The van der Waals surface area contributed by atoms with E-state index >= 15 is 0 Å². The predicted molar refractivity (Wildman–Crippen MR) is 196 cm³/mol. The molecule has 3 aliphatic rings. The topological polar surface area (TPSA) is 199 Å². The molecule has 5 heterocycles. The van der Waals surface area contributed by atoms with E-state index in [1.54, 1.807) is 4.68 Å². The van der Waals surface area contributed by atoms with Gasteiger partial charge in [-0.05, 0) is 49.8 Å². The summed E-state index contributed by atoms with van der Waals surface area (Å²) in [5, 5.41) is 17.7. The number of benzene rings is 2. The lowest BCUT2D eigenvalue weighted by atomic mass is 10.0. The molecule has 1 unspecified atom stereocenters. The second-order valence-electron chi connectivity index (χ2n) is 12.6. The Morgan fingerprint density at radius 1 is 0.981 bits per heavy atom. The van der Waals surface area contributed by atoms with Crippen LogP contribution in [0.25, 0.3) is 17.0 Å². The molecular formula is C36H35N9O8S. The number of nitrogens with zero attached hydrogens (tertiary/aromatic N) is 6. The van der Waals surface area contributed by atoms with Gasteiger partial charge >= 0.3 is 0 Å². The Bertz CT molecular complexity index is 2240. The normalized spacial score (nSPS) is 17.9. The van der Waals surface area contributed by atoms with E-state index in [1.165, 1.54) is 23.1 Å². The molecule has 3 aliphatic heterocycles. The molecule has 0 radical (unpaired) electrons. The maximum atomic E-state index is 13.2. The lowest BCUT2D eigenvalue weighted by Crippen LogP contribution is -2.54. The molecule has 1 atom stereocenters. The number of amides is 6. The van der Waals surface area contributed by atoms with E-state index in [0.29, 0.717) is 37.1 Å². The van der Waals surface area contributed by atoms with Crippen molar-refractivity contribution in [3.05, 3.63) is 82.9 Å². The number of aromatic nitrogens is 4. The fourth-order valence-electron chi connectivity index (χ4n) is 6.58. The number of para-hydroxylation sites is 1. The van der Waals surface area contributed by atoms with Gasteiger partial charge in [0.15, 0.2) is 5.11 Å². The Kier molecular flexibility index (Phi) is 10.4. The summed E-state index contributed by atoms with van der Waals surface area (Å²) in [6.07, 6.45) is 5.64. The lowest BCUT2D eigenvalue weighted by Gasteiger charge is -2.27. The first kappa shape index (κ1) is 36.3. The van der Waals surface area contributed by atoms with Crippen LogP contribution in [0.5, 0.6) is 0 Å². The Labute approximate surface area is 313 Å². The van der Waals surface area contributed by atoms with Crippen molar-refractivity contribution in [1.82, 2.24) is 40.0 Å². The average Bonchev–Trinajstić information content (AvgIpc) is 3.88. The van der Waals surface area contributed by atoms with Crippen molar-refractivity contribution >= 4 is 75.4 Å². The van der Waals surface area contributed by atoms with Crippen LogP contribution in [0.15, 0.2) is 60.6 Å². The summed E-state index contributed by atoms with van der Waals surface area (Å²) in [7, 11) is 0. The summed E-state index contributed by atoms with van der Waals surface area (Å²) in [5.41, 5.74) is 3.16. The highest BCUT2D eigenvalue weighted by Crippen LogP contribution is 2.32. The Morgan fingerprint density at radius 2 is 1.80 bits per heavy atom. The molecule has 4 aromatic rings. The van der Waals surface area contributed by atoms with E-state index in [2.05, 4.69) is 26.3 Å². The molecule has 17 nitrogen and oxygen atoms in total. The summed E-state index contributed by atoms with van der Waals surface area (Å²) < 4.78 is 14.8. The highest BCUT2D eigenvalue weighted by molar-refractivity contribution is 7.80. The zero-order valence-corrected chi connectivity index (χ0v) is 29.9. The van der Waals surface area contributed by atoms with Crippen molar-refractivity contribution in [3.63, 3.8) is 0 Å². The smallest absolute Gasteiger partial charge is 0.276 e. The number of carbonyl (C=O) groups excluding carboxylic acids is 6. The van der Waals surface area contributed by atoms with E-state index in [9.17, 15) is 28.8 Å². The number of fused-ring (bicyclic) bond motifs is 2. The second kappa shape index (κ2) is 15.5. The van der Waals surface area contributed by atoms with Crippen LogP contribution >= 0.6 is 12.2 Å². The van der Waals surface area contributed by atoms with Gasteiger partial charge in [0.05, 0.1) is 55.9 Å². The van der Waals surface area contributed by atoms with Crippen LogP contribution in [0, 0.1) is 0 Å². The Balaban J connectivity index is 0.856. The van der Waals surface area contributed by atoms with Crippen LogP contribution in [-0.2, 0) is 41.7 Å². The van der Waals surface area contributed by atoms with E-state index < -0.39 is 35.6 Å². The van der Waals surface area contributed by atoms with Crippen molar-refractivity contribution in [2.75, 3.05) is 38.3 Å². The van der Waals surface area contributed by atoms with E-state index in [0.717, 1.165) is 27.1 Å². The number of anilines is 1. The number of nitrogens with one attached hydrogen (secondary N) is 3. The highest BCUT2D eigenvalue weighted by atomic mass is 32.1. The van der Waals surface area contributed by atoms with Gasteiger partial charge in [-0.3, -0.25) is 43.9 Å². The number of carbonyl (C=O) groups is 6. The van der Waals surface area contributed by atoms with Gasteiger partial charge in [0.1, 0.15) is 24.0 Å². The minimum atomic E-state index is -1.11. The van der Waals surface area contributed by atoms with Gasteiger partial charge in [0, 0.05) is 35.6 Å². The molecule has 0 bridgehead atoms. The molecule has 0 saturated carbocycles. The van der Waals surface area contributed by atoms with Gasteiger partial charge in [0.25, 0.3) is 17.7 Å². The largest absolute Gasteiger partial charge is 0.377 e. The van der Waals surface area contributed by atoms with Crippen molar-refractivity contribution < 1.29 is 38.2 Å². The Hall–Kier alpha value is -6.11. The number of ether oxygens (including phenoxy) is 2. The van der Waals surface area contributed by atoms with Crippen LogP contribution in [0.2, 0.25) is 0 Å². The number of hydrogen-bond donors (Lipinski definition) is 3. The monoisotopic (exact) mass is 753 g/mol. The first-order valence-corrected chi connectivity index (χ1v) is 17.6. The average molecular weight is 754 g/mol. The molecule has 18 heteroatoms. The molecule has 2 fully saturated rings. The third-order valence-corrected chi connectivity index (χ3v) is 9.45. The molecule has 54 heavy (non-hydrogen) atoms. The number of hydrogen-bond acceptors (Lipinski definition) is 11. The summed E-state index contributed by atoms with van der Waals surface area (Å²) >= 11 is 5.29. The van der Waals surface area contributed by atoms with Crippen molar-refractivity contribution in [2.45, 2.75) is 38.9 Å². The Morgan fingerprint density at radius 3 is 2.59 bits per heavy atom. The molecule has 2 aromatic heterocycles. The lowest BCUT2D eigenvalue weighted by molar-refractivity contribution is -0.136. The van der Waals surface area contributed by atoms with E-state index in [4.69, 9.17) is 21.7 Å². The first-order valence-electron chi connectivity index (χ1n) is 17.2. The van der Waals surface area contributed by atoms with Crippen LogP contribution in [0.1, 0.15) is 51.7 Å². The van der Waals surface area contributed by atoms with Gasteiger partial charge in [0.2, 0.25) is 17.7 Å². The van der Waals surface area contributed by atoms with Gasteiger partial charge < -0.3 is 24.7 Å². The summed E-state index contributed by atoms with van der Waals surface area (Å²) in [5.74, 6) is -3.28. The van der Waals surface area contributed by atoms with Crippen molar-refractivity contribution in [3.8, 4) is 0 Å². The second-order valence-corrected chi connectivity index (χ2v) is 13.0. The third kappa shape index (κ3) is 7.26. The van der Waals surface area contributed by atoms with Crippen molar-refractivity contribution in [1.29, 1.82) is 0 Å². The molecule has 0 spiro atoms. The number of piperidine rings is 1. The molecule has 7 rings (SSSR count). The van der Waals surface area contributed by atoms with Crippen LogP contribution in [0.4, 0.5) is 5.69 Å². The number of likely N-dealkylation sites (N-methyl/N-ethyl adjacent to an activating group) is 1. The molecular weight excluding hydrogens is 719 g/mol. The zero-order valence-electron chi connectivity index (χ0n) is 29.1. The summed E-state index contributed by atoms with van der Waals surface area (Å²) in [4.78, 5) is 77.9. The van der Waals surface area contributed by atoms with Crippen LogP contribution < -0.4 is 16.0 Å². The summed E-state index contributed by atoms with van der Waals surface area (Å²) in [6, 6.07) is 11.2. The molecule has 2 saturated heterocycles. The molecule has 3 N–H and O–H groups in total. The third-order valence-electron chi connectivity index (χ3n) is 9.13. The maximum Gasteiger partial charge on any atom is 0.276 e. The quantitative estimate of drug-likeness (QED) is 0.0726. The molecule has 278 valence electrons. The number of imide groups is 2. The fraction of sp³-hybridized carbons (Fsp3) is 0.306. The van der Waals surface area contributed by atoms with Gasteiger partial charge in [-0.2, -0.15) is 0 Å². The molecule has 6 amide bonds.